The zero-order valence-electron chi connectivity index (χ0n) is 8.54. The number of aryl methyl sites for hydroxylation is 1. The fourth-order valence-electron chi connectivity index (χ4n) is 1.02. The first-order chi connectivity index (χ1) is 7.00. The number of benzene rings is 1. The molecule has 4 nitrogen and oxygen atoms in total. The van der Waals surface area contributed by atoms with Crippen LogP contribution in [0.2, 0.25) is 0 Å². The minimum Gasteiger partial charge on any atom is -0.350 e. The maximum absolute atomic E-state index is 13.2. The largest absolute Gasteiger partial charge is 0.350 e. The molecule has 0 saturated carbocycles. The molecule has 80 valence electrons. The van der Waals surface area contributed by atoms with Gasteiger partial charge in [-0.25, -0.2) is 14.6 Å². The van der Waals surface area contributed by atoms with E-state index < -0.39 is 6.03 Å². The van der Waals surface area contributed by atoms with Gasteiger partial charge in [-0.1, -0.05) is 12.1 Å². The number of rotatable bonds is 2. The van der Waals surface area contributed by atoms with E-state index in [4.69, 9.17) is 5.73 Å². The van der Waals surface area contributed by atoms with Crippen LogP contribution >= 0.6 is 0 Å². The van der Waals surface area contributed by atoms with Gasteiger partial charge >= 0.3 is 6.03 Å². The van der Waals surface area contributed by atoms with Gasteiger partial charge in [-0.15, -0.1) is 0 Å². The summed E-state index contributed by atoms with van der Waals surface area (Å²) in [5.41, 5.74) is 8.58. The van der Waals surface area contributed by atoms with Crippen molar-refractivity contribution in [1.82, 2.24) is 5.43 Å². The molecule has 0 fully saturated rings. The van der Waals surface area contributed by atoms with Gasteiger partial charge in [0.1, 0.15) is 5.82 Å². The zero-order chi connectivity index (χ0) is 11.4. The molecular formula is C10H12FN3O. The molecule has 0 saturated heterocycles. The topological polar surface area (TPSA) is 67.5 Å². The highest BCUT2D eigenvalue weighted by molar-refractivity contribution is 5.99. The number of urea groups is 1. The van der Waals surface area contributed by atoms with Crippen molar-refractivity contribution in [3.8, 4) is 0 Å². The molecule has 0 unspecified atom stereocenters. The molecule has 1 rings (SSSR count). The number of hydrogen-bond acceptors (Lipinski definition) is 2. The number of nitrogens with two attached hydrogens (primary N) is 1. The fourth-order valence-corrected chi connectivity index (χ4v) is 1.02. The predicted octanol–water partition coefficient (Wildman–Crippen LogP) is 1.53. The smallest absolute Gasteiger partial charge is 0.332 e. The van der Waals surface area contributed by atoms with Crippen LogP contribution in [0, 0.1) is 12.7 Å². The normalized spacial score (nSPS) is 11.3. The molecule has 0 spiro atoms. The Morgan fingerprint density at radius 3 is 2.73 bits per heavy atom. The van der Waals surface area contributed by atoms with E-state index in [0.29, 0.717) is 16.8 Å². The van der Waals surface area contributed by atoms with E-state index in [9.17, 15) is 9.18 Å². The van der Waals surface area contributed by atoms with Gasteiger partial charge in [-0.05, 0) is 25.5 Å². The minimum atomic E-state index is -0.748. The van der Waals surface area contributed by atoms with Gasteiger partial charge in [0.15, 0.2) is 0 Å². The van der Waals surface area contributed by atoms with Gasteiger partial charge in [0.25, 0.3) is 0 Å². The Morgan fingerprint density at radius 2 is 2.20 bits per heavy atom. The first-order valence-corrected chi connectivity index (χ1v) is 4.37. The van der Waals surface area contributed by atoms with Crippen LogP contribution in [0.5, 0.6) is 0 Å². The van der Waals surface area contributed by atoms with Crippen molar-refractivity contribution in [2.75, 3.05) is 0 Å². The van der Waals surface area contributed by atoms with Crippen molar-refractivity contribution in [2.24, 2.45) is 10.8 Å². The lowest BCUT2D eigenvalue weighted by Gasteiger charge is -2.02. The van der Waals surface area contributed by atoms with Crippen LogP contribution in [0.15, 0.2) is 23.3 Å². The zero-order valence-corrected chi connectivity index (χ0v) is 8.54. The molecule has 0 aromatic heterocycles. The van der Waals surface area contributed by atoms with Crippen LogP contribution in [0.4, 0.5) is 9.18 Å². The number of primary amides is 1. The third kappa shape index (κ3) is 3.05. The van der Waals surface area contributed by atoms with Gasteiger partial charge in [0, 0.05) is 5.56 Å². The lowest BCUT2D eigenvalue weighted by atomic mass is 10.1. The third-order valence-corrected chi connectivity index (χ3v) is 1.92. The van der Waals surface area contributed by atoms with Gasteiger partial charge in [0.2, 0.25) is 0 Å². The Hall–Kier alpha value is -1.91. The first kappa shape index (κ1) is 11.2. The summed E-state index contributed by atoms with van der Waals surface area (Å²) in [6.45, 7) is 3.33. The molecule has 5 heteroatoms. The number of nitrogens with zero attached hydrogens (tertiary/aromatic N) is 1. The molecule has 3 N–H and O–H groups in total. The lowest BCUT2D eigenvalue weighted by molar-refractivity contribution is 0.249. The molecule has 0 heterocycles. The van der Waals surface area contributed by atoms with Crippen molar-refractivity contribution >= 4 is 11.7 Å². The maximum atomic E-state index is 13.2. The molecule has 0 aliphatic heterocycles. The summed E-state index contributed by atoms with van der Waals surface area (Å²) in [6.07, 6.45) is 0. The predicted molar refractivity (Wildman–Crippen MR) is 56.1 cm³/mol. The van der Waals surface area contributed by atoms with E-state index in [1.165, 1.54) is 6.07 Å². The highest BCUT2D eigenvalue weighted by Crippen LogP contribution is 2.09. The van der Waals surface area contributed by atoms with Crippen molar-refractivity contribution in [3.05, 3.63) is 35.1 Å². The summed E-state index contributed by atoms with van der Waals surface area (Å²) in [5.74, 6) is -0.305. The lowest BCUT2D eigenvalue weighted by Crippen LogP contribution is -2.25. The summed E-state index contributed by atoms with van der Waals surface area (Å²) in [7, 11) is 0. The number of nitrogens with one attached hydrogen (secondary N) is 1. The standard InChI is InChI=1S/C10H12FN3O/c1-6-3-4-8(5-9(6)11)7(2)13-14-10(12)15/h3-5H,1-2H3,(H3,12,14,15). The Labute approximate surface area is 87.0 Å². The summed E-state index contributed by atoms with van der Waals surface area (Å²) < 4.78 is 13.2. The molecule has 2 amide bonds. The van der Waals surface area contributed by atoms with Gasteiger partial charge in [-0.2, -0.15) is 5.10 Å². The molecule has 0 atom stereocenters. The average molecular weight is 209 g/mol. The Balaban J connectivity index is 2.91. The molecule has 1 aromatic rings. The number of carbonyl (C=O) groups is 1. The van der Waals surface area contributed by atoms with Crippen molar-refractivity contribution in [3.63, 3.8) is 0 Å². The van der Waals surface area contributed by atoms with Gasteiger partial charge < -0.3 is 5.73 Å². The first-order valence-electron chi connectivity index (χ1n) is 4.37. The Bertz CT molecular complexity index is 415. The quantitative estimate of drug-likeness (QED) is 0.563. The van der Waals surface area contributed by atoms with E-state index >= 15 is 0 Å². The summed E-state index contributed by atoms with van der Waals surface area (Å²) in [5, 5.41) is 3.69. The third-order valence-electron chi connectivity index (χ3n) is 1.92. The molecule has 15 heavy (non-hydrogen) atoms. The molecule has 0 radical (unpaired) electrons. The van der Waals surface area contributed by atoms with Crippen molar-refractivity contribution < 1.29 is 9.18 Å². The van der Waals surface area contributed by atoms with Crippen LogP contribution in [0.25, 0.3) is 0 Å². The van der Waals surface area contributed by atoms with Crippen LogP contribution in [0.3, 0.4) is 0 Å². The highest BCUT2D eigenvalue weighted by Gasteiger charge is 2.02. The Morgan fingerprint density at radius 1 is 1.53 bits per heavy atom. The minimum absolute atomic E-state index is 0.305. The Kier molecular flexibility index (Phi) is 3.38. The molecule has 1 aromatic carbocycles. The second-order valence-electron chi connectivity index (χ2n) is 3.14. The second-order valence-corrected chi connectivity index (χ2v) is 3.14. The molecule has 0 bridgehead atoms. The van der Waals surface area contributed by atoms with E-state index in [1.807, 2.05) is 0 Å². The number of hydrazone groups is 1. The highest BCUT2D eigenvalue weighted by atomic mass is 19.1. The number of hydrogen-bond donors (Lipinski definition) is 2. The second kappa shape index (κ2) is 4.54. The SMILES string of the molecule is CC(=NNC(N)=O)c1ccc(C)c(F)c1. The summed E-state index contributed by atoms with van der Waals surface area (Å²) >= 11 is 0. The summed E-state index contributed by atoms with van der Waals surface area (Å²) in [6, 6.07) is 3.98. The van der Waals surface area contributed by atoms with E-state index in [2.05, 4.69) is 10.5 Å². The fraction of sp³-hybridized carbons (Fsp3) is 0.200. The van der Waals surface area contributed by atoms with Crippen LogP contribution in [0.1, 0.15) is 18.1 Å². The molecule has 0 aliphatic carbocycles. The maximum Gasteiger partial charge on any atom is 0.332 e. The van der Waals surface area contributed by atoms with Gasteiger partial charge in [0.05, 0.1) is 5.71 Å². The van der Waals surface area contributed by atoms with E-state index in [0.717, 1.165) is 0 Å². The van der Waals surface area contributed by atoms with Crippen LogP contribution in [-0.4, -0.2) is 11.7 Å². The van der Waals surface area contributed by atoms with Crippen LogP contribution < -0.4 is 11.2 Å². The monoisotopic (exact) mass is 209 g/mol. The summed E-state index contributed by atoms with van der Waals surface area (Å²) in [4.78, 5) is 10.4. The number of amides is 2. The molecular weight excluding hydrogens is 197 g/mol. The number of halogens is 1. The van der Waals surface area contributed by atoms with E-state index in [1.54, 1.807) is 26.0 Å². The van der Waals surface area contributed by atoms with Crippen LogP contribution in [-0.2, 0) is 0 Å². The number of carbonyl (C=O) groups excluding carboxylic acids is 1. The average Bonchev–Trinajstić information content (AvgIpc) is 2.18. The van der Waals surface area contributed by atoms with Gasteiger partial charge in [-0.3, -0.25) is 0 Å². The van der Waals surface area contributed by atoms with E-state index in [-0.39, 0.29) is 5.82 Å². The molecule has 0 aliphatic rings. The van der Waals surface area contributed by atoms with Crippen molar-refractivity contribution in [2.45, 2.75) is 13.8 Å². The van der Waals surface area contributed by atoms with Crippen molar-refractivity contribution in [1.29, 1.82) is 0 Å².